The topological polar surface area (TPSA) is 116 Å². The predicted octanol–water partition coefficient (Wildman–Crippen LogP) is 2.88. The zero-order chi connectivity index (χ0) is 18.5. The van der Waals surface area contributed by atoms with Gasteiger partial charge in [0.2, 0.25) is 5.91 Å². The molecule has 2 aromatic carbocycles. The lowest BCUT2D eigenvalue weighted by Gasteiger charge is -2.05. The van der Waals surface area contributed by atoms with Gasteiger partial charge in [-0.05, 0) is 46.3 Å². The number of anilines is 1. The Labute approximate surface area is 152 Å². The van der Waals surface area contributed by atoms with Crippen molar-refractivity contribution in [3.63, 3.8) is 0 Å². The number of carbonyl (C=O) groups is 1. The van der Waals surface area contributed by atoms with E-state index in [4.69, 9.17) is 11.6 Å². The maximum absolute atomic E-state index is 12.1. The lowest BCUT2D eigenvalue weighted by atomic mass is 10.2. The highest BCUT2D eigenvalue weighted by atomic mass is 35.5. The number of nitrogens with zero attached hydrogens (tertiary/aromatic N) is 5. The molecule has 1 heterocycles. The van der Waals surface area contributed by atoms with Crippen molar-refractivity contribution in [1.82, 2.24) is 20.2 Å². The third kappa shape index (κ3) is 4.08. The summed E-state index contributed by atoms with van der Waals surface area (Å²) in [5.41, 5.74) is 1.50. The van der Waals surface area contributed by atoms with Crippen LogP contribution in [0.25, 0.3) is 11.8 Å². The first-order valence-electron chi connectivity index (χ1n) is 7.29. The Morgan fingerprint density at radius 2 is 2.12 bits per heavy atom. The van der Waals surface area contributed by atoms with Crippen LogP contribution in [0, 0.1) is 10.1 Å². The summed E-state index contributed by atoms with van der Waals surface area (Å²) in [4.78, 5) is 22.4. The van der Waals surface area contributed by atoms with Gasteiger partial charge >= 0.3 is 0 Å². The summed E-state index contributed by atoms with van der Waals surface area (Å²) in [6, 6.07) is 11.2. The second-order valence-corrected chi connectivity index (χ2v) is 5.50. The van der Waals surface area contributed by atoms with Gasteiger partial charge in [-0.25, -0.2) is 4.68 Å². The molecule has 1 amide bonds. The Morgan fingerprint density at radius 1 is 1.27 bits per heavy atom. The quantitative estimate of drug-likeness (QED) is 0.419. The van der Waals surface area contributed by atoms with Gasteiger partial charge in [-0.2, -0.15) is 0 Å². The molecule has 1 N–H and O–H groups in total. The molecule has 9 nitrogen and oxygen atoms in total. The van der Waals surface area contributed by atoms with Crippen molar-refractivity contribution in [2.75, 3.05) is 5.32 Å². The van der Waals surface area contributed by atoms with Crippen LogP contribution < -0.4 is 5.32 Å². The predicted molar refractivity (Wildman–Crippen MR) is 94.9 cm³/mol. The van der Waals surface area contributed by atoms with Crippen LogP contribution in [-0.2, 0) is 4.79 Å². The Kier molecular flexibility index (Phi) is 4.99. The Hall–Kier alpha value is -3.59. The van der Waals surface area contributed by atoms with Crippen LogP contribution >= 0.6 is 11.6 Å². The van der Waals surface area contributed by atoms with Crippen LogP contribution in [0.15, 0.2) is 54.9 Å². The molecule has 10 heteroatoms. The summed E-state index contributed by atoms with van der Waals surface area (Å²) in [7, 11) is 0. The Bertz CT molecular complexity index is 987. The van der Waals surface area contributed by atoms with Gasteiger partial charge in [-0.1, -0.05) is 23.7 Å². The third-order valence-electron chi connectivity index (χ3n) is 3.32. The largest absolute Gasteiger partial charge is 0.322 e. The van der Waals surface area contributed by atoms with E-state index in [0.717, 1.165) is 0 Å². The van der Waals surface area contributed by atoms with Gasteiger partial charge in [0.05, 0.1) is 10.6 Å². The molecule has 3 aromatic rings. The zero-order valence-corrected chi connectivity index (χ0v) is 13.9. The van der Waals surface area contributed by atoms with E-state index in [2.05, 4.69) is 20.8 Å². The minimum Gasteiger partial charge on any atom is -0.322 e. The smallest absolute Gasteiger partial charge is 0.288 e. The minimum absolute atomic E-state index is 0.0380. The average Bonchev–Trinajstić information content (AvgIpc) is 3.16. The average molecular weight is 371 g/mol. The maximum atomic E-state index is 12.1. The molecule has 0 saturated heterocycles. The van der Waals surface area contributed by atoms with Crippen LogP contribution in [0.4, 0.5) is 11.4 Å². The molecular weight excluding hydrogens is 360 g/mol. The van der Waals surface area contributed by atoms with Gasteiger partial charge in [0.25, 0.3) is 5.69 Å². The fourth-order valence-corrected chi connectivity index (χ4v) is 2.32. The third-order valence-corrected chi connectivity index (χ3v) is 3.64. The number of benzene rings is 2. The first kappa shape index (κ1) is 17.2. The van der Waals surface area contributed by atoms with E-state index in [-0.39, 0.29) is 10.7 Å². The standard InChI is InChI=1S/C16H11ClN6O3/c17-14-6-4-11(8-15(14)23(25)26)5-7-16(24)19-12-2-1-3-13(9-12)22-10-18-20-21-22/h1-10H,(H,19,24)/b7-5+. The second kappa shape index (κ2) is 7.53. The molecule has 0 fully saturated rings. The highest BCUT2D eigenvalue weighted by Gasteiger charge is 2.11. The van der Waals surface area contributed by atoms with Crippen LogP contribution in [-0.4, -0.2) is 31.0 Å². The van der Waals surface area contributed by atoms with Crippen molar-refractivity contribution in [2.45, 2.75) is 0 Å². The molecule has 0 bridgehead atoms. The highest BCUT2D eigenvalue weighted by Crippen LogP contribution is 2.25. The fourth-order valence-electron chi connectivity index (χ4n) is 2.13. The number of hydrogen-bond donors (Lipinski definition) is 1. The van der Waals surface area contributed by atoms with Crippen molar-refractivity contribution < 1.29 is 9.72 Å². The molecule has 130 valence electrons. The van der Waals surface area contributed by atoms with Crippen LogP contribution in [0.3, 0.4) is 0 Å². The van der Waals surface area contributed by atoms with Gasteiger partial charge in [-0.3, -0.25) is 14.9 Å². The van der Waals surface area contributed by atoms with E-state index < -0.39 is 10.8 Å². The summed E-state index contributed by atoms with van der Waals surface area (Å²) >= 11 is 5.76. The SMILES string of the molecule is O=C(/C=C/c1ccc(Cl)c([N+](=O)[O-])c1)Nc1cccc(-n2cnnn2)c1. The van der Waals surface area contributed by atoms with Crippen molar-refractivity contribution in [3.05, 3.63) is 75.6 Å². The summed E-state index contributed by atoms with van der Waals surface area (Å²) in [5, 5.41) is 24.5. The number of halogens is 1. The number of rotatable bonds is 5. The van der Waals surface area contributed by atoms with E-state index in [0.29, 0.717) is 16.9 Å². The van der Waals surface area contributed by atoms with Crippen molar-refractivity contribution in [2.24, 2.45) is 0 Å². The fraction of sp³-hybridized carbons (Fsp3) is 0. The molecule has 0 aliphatic heterocycles. The number of nitrogens with one attached hydrogen (secondary N) is 1. The van der Waals surface area contributed by atoms with Gasteiger partial charge in [-0.15, -0.1) is 5.10 Å². The molecule has 0 spiro atoms. The van der Waals surface area contributed by atoms with Crippen LogP contribution in [0.1, 0.15) is 5.56 Å². The normalized spacial score (nSPS) is 10.8. The molecule has 26 heavy (non-hydrogen) atoms. The molecular formula is C16H11ClN6O3. The molecule has 1 aromatic heterocycles. The van der Waals surface area contributed by atoms with E-state index in [1.165, 1.54) is 35.3 Å². The lowest BCUT2D eigenvalue weighted by Crippen LogP contribution is -2.08. The van der Waals surface area contributed by atoms with Gasteiger partial charge < -0.3 is 5.32 Å². The number of hydrogen-bond acceptors (Lipinski definition) is 6. The molecule has 0 atom stereocenters. The molecule has 0 unspecified atom stereocenters. The number of carbonyl (C=O) groups excluding carboxylic acids is 1. The van der Waals surface area contributed by atoms with Gasteiger partial charge in [0.1, 0.15) is 11.3 Å². The lowest BCUT2D eigenvalue weighted by molar-refractivity contribution is -0.384. The van der Waals surface area contributed by atoms with Crippen LogP contribution in [0.5, 0.6) is 0 Å². The van der Waals surface area contributed by atoms with E-state index in [9.17, 15) is 14.9 Å². The number of tetrazole rings is 1. The number of amides is 1. The van der Waals surface area contributed by atoms with Crippen LogP contribution in [0.2, 0.25) is 5.02 Å². The highest BCUT2D eigenvalue weighted by molar-refractivity contribution is 6.32. The van der Waals surface area contributed by atoms with Gasteiger partial charge in [0.15, 0.2) is 0 Å². The minimum atomic E-state index is -0.579. The Morgan fingerprint density at radius 3 is 2.85 bits per heavy atom. The molecule has 0 aliphatic carbocycles. The zero-order valence-electron chi connectivity index (χ0n) is 13.1. The van der Waals surface area contributed by atoms with Gasteiger partial charge in [0, 0.05) is 17.8 Å². The summed E-state index contributed by atoms with van der Waals surface area (Å²) < 4.78 is 1.46. The van der Waals surface area contributed by atoms with E-state index in [1.54, 1.807) is 30.3 Å². The number of aromatic nitrogens is 4. The van der Waals surface area contributed by atoms with E-state index >= 15 is 0 Å². The summed E-state index contributed by atoms with van der Waals surface area (Å²) in [6.07, 6.45) is 4.18. The molecule has 3 rings (SSSR count). The molecule has 0 saturated carbocycles. The van der Waals surface area contributed by atoms with Crippen molar-refractivity contribution in [3.8, 4) is 5.69 Å². The first-order valence-corrected chi connectivity index (χ1v) is 7.67. The maximum Gasteiger partial charge on any atom is 0.288 e. The second-order valence-electron chi connectivity index (χ2n) is 5.10. The molecule has 0 radical (unpaired) electrons. The summed E-state index contributed by atoms with van der Waals surface area (Å²) in [5.74, 6) is -0.392. The number of nitro benzene ring substituents is 1. The summed E-state index contributed by atoms with van der Waals surface area (Å²) in [6.45, 7) is 0. The van der Waals surface area contributed by atoms with E-state index in [1.807, 2.05) is 0 Å². The Balaban J connectivity index is 1.71. The first-order chi connectivity index (χ1) is 12.5. The number of nitro groups is 1. The molecule has 0 aliphatic rings. The van der Waals surface area contributed by atoms with Crippen molar-refractivity contribution in [1.29, 1.82) is 0 Å². The monoisotopic (exact) mass is 370 g/mol. The van der Waals surface area contributed by atoms with Crippen molar-refractivity contribution >= 4 is 35.0 Å².